The Balaban J connectivity index is 2.66. The second-order valence-electron chi connectivity index (χ2n) is 4.34. The molecule has 1 aromatic carbocycles. The Kier molecular flexibility index (Phi) is 7.89. The molecule has 21 heavy (non-hydrogen) atoms. The van der Waals surface area contributed by atoms with Gasteiger partial charge >= 0.3 is 6.61 Å². The minimum absolute atomic E-state index is 0.183. The highest BCUT2D eigenvalue weighted by Crippen LogP contribution is 2.21. The van der Waals surface area contributed by atoms with Crippen molar-refractivity contribution in [3.63, 3.8) is 0 Å². The summed E-state index contributed by atoms with van der Waals surface area (Å²) in [5.41, 5.74) is 1.65. The van der Waals surface area contributed by atoms with Crippen LogP contribution in [-0.2, 0) is 6.54 Å². The van der Waals surface area contributed by atoms with Gasteiger partial charge in [0.05, 0.1) is 0 Å². The molecule has 1 aromatic rings. The van der Waals surface area contributed by atoms with Gasteiger partial charge < -0.3 is 15.4 Å². The van der Waals surface area contributed by atoms with Gasteiger partial charge in [0.1, 0.15) is 5.75 Å². The van der Waals surface area contributed by atoms with Crippen LogP contribution >= 0.6 is 11.8 Å². The lowest BCUT2D eigenvalue weighted by atomic mass is 10.1. The van der Waals surface area contributed by atoms with Gasteiger partial charge in [0.15, 0.2) is 5.96 Å². The van der Waals surface area contributed by atoms with E-state index in [0.717, 1.165) is 17.9 Å². The van der Waals surface area contributed by atoms with E-state index in [4.69, 9.17) is 0 Å². The summed E-state index contributed by atoms with van der Waals surface area (Å²) in [6, 6.07) is 5.12. The van der Waals surface area contributed by atoms with E-state index in [-0.39, 0.29) is 5.75 Å². The molecular formula is C14H21F2N3OS. The van der Waals surface area contributed by atoms with Gasteiger partial charge in [0.25, 0.3) is 0 Å². The number of hydrogen-bond acceptors (Lipinski definition) is 3. The van der Waals surface area contributed by atoms with Crippen LogP contribution < -0.4 is 15.4 Å². The summed E-state index contributed by atoms with van der Waals surface area (Å²) in [6.45, 7) is 0.226. The van der Waals surface area contributed by atoms with Crippen LogP contribution in [0.25, 0.3) is 0 Å². The van der Waals surface area contributed by atoms with E-state index < -0.39 is 6.61 Å². The van der Waals surface area contributed by atoms with Crippen molar-refractivity contribution in [3.05, 3.63) is 29.3 Å². The van der Waals surface area contributed by atoms with Crippen LogP contribution in [0.3, 0.4) is 0 Å². The van der Waals surface area contributed by atoms with Crippen molar-refractivity contribution in [2.75, 3.05) is 25.6 Å². The summed E-state index contributed by atoms with van der Waals surface area (Å²) in [6.07, 6.45) is 2.03. The standard InChI is InChI=1S/C14H21F2N3OS/c1-10-4-5-12(20-13(15)16)11(8-10)9-19-14(17-2)18-6-7-21-3/h4-5,8,13H,6-7,9H2,1-3H3,(H2,17,18,19). The number of halogens is 2. The molecule has 0 saturated carbocycles. The summed E-state index contributed by atoms with van der Waals surface area (Å²) < 4.78 is 29.3. The fourth-order valence-corrected chi connectivity index (χ4v) is 2.03. The summed E-state index contributed by atoms with van der Waals surface area (Å²) in [7, 11) is 1.67. The molecule has 7 heteroatoms. The molecule has 0 unspecified atom stereocenters. The van der Waals surface area contributed by atoms with Gasteiger partial charge in [-0.2, -0.15) is 20.5 Å². The third kappa shape index (κ3) is 6.66. The highest BCUT2D eigenvalue weighted by atomic mass is 32.2. The maximum Gasteiger partial charge on any atom is 0.387 e. The fraction of sp³-hybridized carbons (Fsp3) is 0.500. The average molecular weight is 317 g/mol. The van der Waals surface area contributed by atoms with E-state index in [1.165, 1.54) is 0 Å². The van der Waals surface area contributed by atoms with Crippen molar-refractivity contribution in [1.82, 2.24) is 10.6 Å². The zero-order valence-corrected chi connectivity index (χ0v) is 13.3. The van der Waals surface area contributed by atoms with Crippen molar-refractivity contribution in [3.8, 4) is 5.75 Å². The normalized spacial score (nSPS) is 11.6. The molecule has 0 aliphatic carbocycles. The van der Waals surface area contributed by atoms with Crippen molar-refractivity contribution in [2.24, 2.45) is 4.99 Å². The topological polar surface area (TPSA) is 45.7 Å². The quantitative estimate of drug-likeness (QED) is 0.461. The predicted molar refractivity (Wildman–Crippen MR) is 84.4 cm³/mol. The molecule has 0 aliphatic heterocycles. The lowest BCUT2D eigenvalue weighted by Crippen LogP contribution is -2.38. The maximum atomic E-state index is 12.4. The minimum Gasteiger partial charge on any atom is -0.434 e. The number of rotatable bonds is 7. The number of aryl methyl sites for hydroxylation is 1. The van der Waals surface area contributed by atoms with Gasteiger partial charge in [-0.15, -0.1) is 0 Å². The zero-order chi connectivity index (χ0) is 15.7. The van der Waals surface area contributed by atoms with Crippen molar-refractivity contribution in [2.45, 2.75) is 20.1 Å². The van der Waals surface area contributed by atoms with Crippen LogP contribution in [-0.4, -0.2) is 38.2 Å². The SMILES string of the molecule is CN=C(NCCSC)NCc1cc(C)ccc1OC(F)F. The van der Waals surface area contributed by atoms with E-state index in [1.807, 2.05) is 19.2 Å². The smallest absolute Gasteiger partial charge is 0.387 e. The van der Waals surface area contributed by atoms with E-state index in [1.54, 1.807) is 30.9 Å². The summed E-state index contributed by atoms with van der Waals surface area (Å²) in [5.74, 6) is 1.78. The molecular weight excluding hydrogens is 296 g/mol. The first-order chi connectivity index (χ1) is 10.1. The van der Waals surface area contributed by atoms with Crippen LogP contribution in [0.15, 0.2) is 23.2 Å². The second-order valence-corrected chi connectivity index (χ2v) is 5.32. The molecule has 0 aromatic heterocycles. The zero-order valence-electron chi connectivity index (χ0n) is 12.5. The van der Waals surface area contributed by atoms with Crippen LogP contribution in [0.4, 0.5) is 8.78 Å². The summed E-state index contributed by atoms with van der Waals surface area (Å²) >= 11 is 1.73. The van der Waals surface area contributed by atoms with Crippen molar-refractivity contribution >= 4 is 17.7 Å². The largest absolute Gasteiger partial charge is 0.434 e. The molecule has 0 saturated heterocycles. The number of benzene rings is 1. The molecule has 0 aliphatic rings. The molecule has 4 nitrogen and oxygen atoms in total. The molecule has 0 radical (unpaired) electrons. The molecule has 0 heterocycles. The molecule has 0 spiro atoms. The number of guanidine groups is 1. The van der Waals surface area contributed by atoms with E-state index in [9.17, 15) is 8.78 Å². The average Bonchev–Trinajstić information content (AvgIpc) is 2.44. The molecule has 0 bridgehead atoms. The van der Waals surface area contributed by atoms with E-state index in [2.05, 4.69) is 20.4 Å². The Morgan fingerprint density at radius 3 is 2.76 bits per heavy atom. The first kappa shape index (κ1) is 17.6. The van der Waals surface area contributed by atoms with Gasteiger partial charge in [0, 0.05) is 31.5 Å². The third-order valence-electron chi connectivity index (χ3n) is 2.70. The van der Waals surface area contributed by atoms with Crippen molar-refractivity contribution in [1.29, 1.82) is 0 Å². The summed E-state index contributed by atoms with van der Waals surface area (Å²) in [5, 5.41) is 6.23. The van der Waals surface area contributed by atoms with Gasteiger partial charge in [-0.05, 0) is 19.2 Å². The van der Waals surface area contributed by atoms with Gasteiger partial charge in [-0.25, -0.2) is 0 Å². The van der Waals surface area contributed by atoms with E-state index in [0.29, 0.717) is 18.1 Å². The third-order valence-corrected chi connectivity index (χ3v) is 3.31. The number of alkyl halides is 2. The van der Waals surface area contributed by atoms with Crippen molar-refractivity contribution < 1.29 is 13.5 Å². The molecule has 0 fully saturated rings. The lowest BCUT2D eigenvalue weighted by molar-refractivity contribution is -0.0504. The molecule has 118 valence electrons. The van der Waals surface area contributed by atoms with Crippen LogP contribution in [0.1, 0.15) is 11.1 Å². The predicted octanol–water partition coefficient (Wildman–Crippen LogP) is 2.62. The molecule has 0 atom stereocenters. The summed E-state index contributed by atoms with van der Waals surface area (Å²) in [4.78, 5) is 4.08. The molecule has 2 N–H and O–H groups in total. The Hall–Kier alpha value is -1.50. The highest BCUT2D eigenvalue weighted by molar-refractivity contribution is 7.98. The monoisotopic (exact) mass is 317 g/mol. The number of nitrogens with one attached hydrogen (secondary N) is 2. The second kappa shape index (κ2) is 9.44. The Morgan fingerprint density at radius 1 is 1.38 bits per heavy atom. The van der Waals surface area contributed by atoms with Crippen LogP contribution in [0, 0.1) is 6.92 Å². The number of hydrogen-bond donors (Lipinski definition) is 2. The Bertz CT molecular complexity index is 470. The van der Waals surface area contributed by atoms with Crippen LogP contribution in [0.2, 0.25) is 0 Å². The number of thioether (sulfide) groups is 1. The number of ether oxygens (including phenoxy) is 1. The van der Waals surface area contributed by atoms with Gasteiger partial charge in [0.2, 0.25) is 0 Å². The van der Waals surface area contributed by atoms with Gasteiger partial charge in [-0.3, -0.25) is 4.99 Å². The first-order valence-corrected chi connectivity index (χ1v) is 7.94. The molecule has 1 rings (SSSR count). The maximum absolute atomic E-state index is 12.4. The number of nitrogens with zero attached hydrogens (tertiary/aromatic N) is 1. The highest BCUT2D eigenvalue weighted by Gasteiger charge is 2.10. The fourth-order valence-electron chi connectivity index (χ4n) is 1.73. The first-order valence-electron chi connectivity index (χ1n) is 6.54. The minimum atomic E-state index is -2.83. The Labute approximate surface area is 128 Å². The van der Waals surface area contributed by atoms with E-state index >= 15 is 0 Å². The lowest BCUT2D eigenvalue weighted by Gasteiger charge is -2.15. The van der Waals surface area contributed by atoms with Gasteiger partial charge in [-0.1, -0.05) is 17.7 Å². The number of aliphatic imine (C=N–C) groups is 1. The molecule has 0 amide bonds. The Morgan fingerprint density at radius 2 is 2.14 bits per heavy atom. The van der Waals surface area contributed by atoms with Crippen LogP contribution in [0.5, 0.6) is 5.75 Å².